The number of nitrogens with zero attached hydrogens (tertiary/aromatic N) is 5. The second-order valence-corrected chi connectivity index (χ2v) is 9.13. The topological polar surface area (TPSA) is 54.3 Å². The van der Waals surface area contributed by atoms with Gasteiger partial charge in [0.05, 0.1) is 18.2 Å². The molecule has 3 aliphatic heterocycles. The zero-order valence-corrected chi connectivity index (χ0v) is 17.8. The van der Waals surface area contributed by atoms with Crippen LogP contribution in [0, 0.1) is 11.8 Å². The van der Waals surface area contributed by atoms with E-state index in [9.17, 15) is 4.79 Å². The summed E-state index contributed by atoms with van der Waals surface area (Å²) in [6, 6.07) is 10.8. The number of amides is 1. The first-order valence-electron chi connectivity index (χ1n) is 10.3. The van der Waals surface area contributed by atoms with Crippen molar-refractivity contribution >= 4 is 17.7 Å². The van der Waals surface area contributed by atoms with Crippen molar-refractivity contribution < 1.29 is 4.79 Å². The number of fused-ring (bicyclic) bond motifs is 3. The summed E-state index contributed by atoms with van der Waals surface area (Å²) in [7, 11) is 1.88. The normalized spacial score (nSPS) is 25.7. The Hall–Kier alpha value is -2.12. The van der Waals surface area contributed by atoms with E-state index in [0.29, 0.717) is 18.5 Å². The van der Waals surface area contributed by atoms with Crippen LogP contribution in [0.15, 0.2) is 54.1 Å². The Kier molecular flexibility index (Phi) is 6.35. The number of benzene rings is 1. The molecule has 6 nitrogen and oxygen atoms in total. The standard InChI is InChI=1S/C22H29N5OS/c1-3-10-25(2)22(28)21-15-26-11-9-17(21)12-19(26)14-27-13-18(23-24-27)16-29-20-7-5-4-6-8-20/h3-8,13,17,19,21H,1,9-12,14-16H2,2H3. The summed E-state index contributed by atoms with van der Waals surface area (Å²) in [6.45, 7) is 7.16. The molecule has 0 saturated carbocycles. The average molecular weight is 412 g/mol. The molecule has 1 amide bonds. The zero-order chi connectivity index (χ0) is 20.2. The van der Waals surface area contributed by atoms with Gasteiger partial charge in [0.2, 0.25) is 5.91 Å². The molecule has 2 bridgehead atoms. The summed E-state index contributed by atoms with van der Waals surface area (Å²) in [5.74, 6) is 1.69. The Morgan fingerprint density at radius 1 is 1.38 bits per heavy atom. The van der Waals surface area contributed by atoms with Crippen LogP contribution >= 0.6 is 11.8 Å². The second-order valence-electron chi connectivity index (χ2n) is 8.08. The van der Waals surface area contributed by atoms with Gasteiger partial charge in [-0.15, -0.1) is 23.4 Å². The molecule has 3 fully saturated rings. The molecule has 0 N–H and O–H groups in total. The van der Waals surface area contributed by atoms with Gasteiger partial charge in [0.15, 0.2) is 0 Å². The maximum atomic E-state index is 12.8. The maximum absolute atomic E-state index is 12.8. The Morgan fingerprint density at radius 3 is 2.93 bits per heavy atom. The van der Waals surface area contributed by atoms with E-state index in [2.05, 4.69) is 52.3 Å². The van der Waals surface area contributed by atoms with Crippen LogP contribution in [0.2, 0.25) is 0 Å². The molecule has 7 heteroatoms. The van der Waals surface area contributed by atoms with Crippen molar-refractivity contribution in [3.63, 3.8) is 0 Å². The molecule has 2 aromatic rings. The number of rotatable bonds is 8. The summed E-state index contributed by atoms with van der Waals surface area (Å²) >= 11 is 1.78. The van der Waals surface area contributed by atoms with Crippen LogP contribution in [-0.4, -0.2) is 63.4 Å². The highest BCUT2D eigenvalue weighted by Gasteiger charge is 2.43. The number of piperidine rings is 3. The SMILES string of the molecule is C=CCN(C)C(=O)C1CN2CCC1CC2Cn1cc(CSc2ccccc2)nn1. The molecule has 0 spiro atoms. The first kappa shape index (κ1) is 20.2. The molecule has 1 aromatic heterocycles. The van der Waals surface area contributed by atoms with Crippen molar-refractivity contribution in [3.05, 3.63) is 54.9 Å². The molecule has 5 rings (SSSR count). The Labute approximate surface area is 176 Å². The van der Waals surface area contributed by atoms with Gasteiger partial charge < -0.3 is 4.90 Å². The third-order valence-corrected chi connectivity index (χ3v) is 7.13. The number of carbonyl (C=O) groups is 1. The molecule has 4 heterocycles. The summed E-state index contributed by atoms with van der Waals surface area (Å²) in [6.07, 6.45) is 6.04. The van der Waals surface area contributed by atoms with Crippen molar-refractivity contribution in [3.8, 4) is 0 Å². The quantitative estimate of drug-likeness (QED) is 0.494. The minimum atomic E-state index is 0.124. The lowest BCUT2D eigenvalue weighted by atomic mass is 9.75. The first-order valence-corrected chi connectivity index (χ1v) is 11.3. The summed E-state index contributed by atoms with van der Waals surface area (Å²) in [4.78, 5) is 18.3. The molecular weight excluding hydrogens is 382 g/mol. The minimum absolute atomic E-state index is 0.124. The molecule has 3 saturated heterocycles. The molecular formula is C22H29N5OS. The molecule has 154 valence electrons. The smallest absolute Gasteiger partial charge is 0.227 e. The number of likely N-dealkylation sites (N-methyl/N-ethyl adjacent to an activating group) is 1. The zero-order valence-electron chi connectivity index (χ0n) is 17.0. The average Bonchev–Trinajstić information content (AvgIpc) is 3.20. The van der Waals surface area contributed by atoms with Crippen molar-refractivity contribution in [2.45, 2.75) is 36.1 Å². The lowest BCUT2D eigenvalue weighted by Crippen LogP contribution is -2.58. The fourth-order valence-corrected chi connectivity index (χ4v) is 5.35. The highest BCUT2D eigenvalue weighted by atomic mass is 32.2. The van der Waals surface area contributed by atoms with Crippen LogP contribution in [0.3, 0.4) is 0 Å². The molecule has 1 aromatic carbocycles. The lowest BCUT2D eigenvalue weighted by Gasteiger charge is -2.49. The van der Waals surface area contributed by atoms with Crippen molar-refractivity contribution in [1.29, 1.82) is 0 Å². The van der Waals surface area contributed by atoms with E-state index in [1.165, 1.54) is 4.90 Å². The van der Waals surface area contributed by atoms with Crippen LogP contribution in [0.25, 0.3) is 0 Å². The molecule has 4 unspecified atom stereocenters. The number of hydrogen-bond donors (Lipinski definition) is 0. The van der Waals surface area contributed by atoms with Gasteiger partial charge in [-0.25, -0.2) is 0 Å². The van der Waals surface area contributed by atoms with E-state index in [4.69, 9.17) is 0 Å². The Bertz CT molecular complexity index is 839. The highest BCUT2D eigenvalue weighted by molar-refractivity contribution is 7.98. The number of carbonyl (C=O) groups excluding carboxylic acids is 1. The van der Waals surface area contributed by atoms with Crippen LogP contribution in [0.1, 0.15) is 18.5 Å². The van der Waals surface area contributed by atoms with Crippen LogP contribution in [0.4, 0.5) is 0 Å². The Balaban J connectivity index is 1.32. The highest BCUT2D eigenvalue weighted by Crippen LogP contribution is 2.37. The largest absolute Gasteiger partial charge is 0.342 e. The molecule has 3 aliphatic rings. The van der Waals surface area contributed by atoms with Crippen molar-refractivity contribution in [2.75, 3.05) is 26.7 Å². The van der Waals surface area contributed by atoms with Crippen LogP contribution < -0.4 is 0 Å². The molecule has 4 atom stereocenters. The second kappa shape index (κ2) is 9.13. The van der Waals surface area contributed by atoms with Gasteiger partial charge in [-0.2, -0.15) is 0 Å². The van der Waals surface area contributed by atoms with Gasteiger partial charge >= 0.3 is 0 Å². The fourth-order valence-electron chi connectivity index (χ4n) is 4.56. The van der Waals surface area contributed by atoms with E-state index in [0.717, 1.165) is 43.9 Å². The number of hydrogen-bond acceptors (Lipinski definition) is 5. The van der Waals surface area contributed by atoms with Crippen molar-refractivity contribution in [2.24, 2.45) is 11.8 Å². The van der Waals surface area contributed by atoms with E-state index in [-0.39, 0.29) is 11.8 Å². The maximum Gasteiger partial charge on any atom is 0.227 e. The van der Waals surface area contributed by atoms with Crippen LogP contribution in [-0.2, 0) is 17.1 Å². The van der Waals surface area contributed by atoms with E-state index >= 15 is 0 Å². The number of thioether (sulfide) groups is 1. The molecule has 0 radical (unpaired) electrons. The first-order chi connectivity index (χ1) is 14.1. The predicted molar refractivity (Wildman–Crippen MR) is 115 cm³/mol. The Morgan fingerprint density at radius 2 is 2.21 bits per heavy atom. The van der Waals surface area contributed by atoms with Crippen LogP contribution in [0.5, 0.6) is 0 Å². The van der Waals surface area contributed by atoms with Crippen molar-refractivity contribution in [1.82, 2.24) is 24.8 Å². The van der Waals surface area contributed by atoms with Gasteiger partial charge in [0.25, 0.3) is 0 Å². The van der Waals surface area contributed by atoms with Gasteiger partial charge in [0.1, 0.15) is 0 Å². The monoisotopic (exact) mass is 411 g/mol. The predicted octanol–water partition coefficient (Wildman–Crippen LogP) is 2.93. The van der Waals surface area contributed by atoms with E-state index in [1.807, 2.05) is 22.7 Å². The van der Waals surface area contributed by atoms with Gasteiger partial charge in [0, 0.05) is 43.0 Å². The van der Waals surface area contributed by atoms with Gasteiger partial charge in [-0.05, 0) is 37.4 Å². The minimum Gasteiger partial charge on any atom is -0.342 e. The fraction of sp³-hybridized carbons (Fsp3) is 0.500. The molecule has 0 aliphatic carbocycles. The molecule has 29 heavy (non-hydrogen) atoms. The summed E-state index contributed by atoms with van der Waals surface area (Å²) in [5, 5.41) is 8.70. The van der Waals surface area contributed by atoms with Gasteiger partial charge in [-0.3, -0.25) is 14.4 Å². The summed E-state index contributed by atoms with van der Waals surface area (Å²) in [5.41, 5.74) is 1.01. The van der Waals surface area contributed by atoms with E-state index < -0.39 is 0 Å². The number of aromatic nitrogens is 3. The lowest BCUT2D eigenvalue weighted by molar-refractivity contribution is -0.142. The third-order valence-electron chi connectivity index (χ3n) is 6.09. The van der Waals surface area contributed by atoms with Gasteiger partial charge in [-0.1, -0.05) is 29.5 Å². The van der Waals surface area contributed by atoms with E-state index in [1.54, 1.807) is 17.8 Å². The summed E-state index contributed by atoms with van der Waals surface area (Å²) < 4.78 is 1.98. The third kappa shape index (κ3) is 4.73.